The summed E-state index contributed by atoms with van der Waals surface area (Å²) in [6.45, 7) is 0. The number of ether oxygens (including phenoxy) is 3. The van der Waals surface area contributed by atoms with Crippen LogP contribution in [0.25, 0.3) is 16.8 Å². The second-order valence-corrected chi connectivity index (χ2v) is 10.9. The minimum Gasteiger partial charge on any atom is -0.457 e. The first-order chi connectivity index (χ1) is 15.6. The normalized spacial score (nSPS) is 30.5. The fraction of sp³-hybridized carbons (Fsp3) is 0.269. The smallest absolute Gasteiger partial charge is 0.252 e. The Kier molecular flexibility index (Phi) is 4.53. The van der Waals surface area contributed by atoms with Crippen molar-refractivity contribution in [3.8, 4) is 5.75 Å². The van der Waals surface area contributed by atoms with Gasteiger partial charge >= 0.3 is 0 Å². The van der Waals surface area contributed by atoms with Crippen molar-refractivity contribution >= 4 is 46.2 Å². The Morgan fingerprint density at radius 3 is 2.59 bits per heavy atom. The summed E-state index contributed by atoms with van der Waals surface area (Å²) in [7, 11) is 3.36. The van der Waals surface area contributed by atoms with Crippen molar-refractivity contribution < 1.29 is 19.0 Å². The van der Waals surface area contributed by atoms with Crippen LogP contribution in [0.4, 0.5) is 0 Å². The van der Waals surface area contributed by atoms with Crippen LogP contribution in [0, 0.1) is 0 Å². The second-order valence-electron chi connectivity index (χ2n) is 8.31. The van der Waals surface area contributed by atoms with E-state index < -0.39 is 15.5 Å². The van der Waals surface area contributed by atoms with Crippen LogP contribution in [0.15, 0.2) is 71.6 Å². The first-order valence-electron chi connectivity index (χ1n) is 10.5. The number of hydrogen-bond donors (Lipinski definition) is 0. The average Bonchev–Trinajstić information content (AvgIpc) is 2.85. The summed E-state index contributed by atoms with van der Waals surface area (Å²) in [5.74, 6) is 0.247. The Labute approximate surface area is 195 Å². The Morgan fingerprint density at radius 1 is 0.938 bits per heavy atom. The fourth-order valence-corrected chi connectivity index (χ4v) is 8.42. The molecule has 0 saturated carbocycles. The molecular formula is C26H22O4S2. The van der Waals surface area contributed by atoms with Gasteiger partial charge < -0.3 is 14.2 Å². The van der Waals surface area contributed by atoms with Crippen LogP contribution in [0.5, 0.6) is 5.75 Å². The number of carbonyl (C=O) groups excluding carboxylic acids is 1. The van der Waals surface area contributed by atoms with Crippen LogP contribution in [0.3, 0.4) is 0 Å². The van der Waals surface area contributed by atoms with E-state index in [0.717, 1.165) is 32.5 Å². The SMILES string of the molecule is CO[C@]12CC3(SC[C@@]1(OC)Sc1c(ccc4ccccc14)O2)C(=O)C=Cc1ccccc13. The lowest BCUT2D eigenvalue weighted by atomic mass is 9.79. The first kappa shape index (κ1) is 20.4. The zero-order valence-electron chi connectivity index (χ0n) is 17.8. The van der Waals surface area contributed by atoms with Gasteiger partial charge in [0.15, 0.2) is 10.7 Å². The van der Waals surface area contributed by atoms with Gasteiger partial charge in [-0.15, -0.1) is 11.8 Å². The molecule has 1 aliphatic carbocycles. The highest BCUT2D eigenvalue weighted by atomic mass is 32.2. The summed E-state index contributed by atoms with van der Waals surface area (Å²) in [6.07, 6.45) is 3.95. The molecule has 3 aromatic rings. The van der Waals surface area contributed by atoms with E-state index in [2.05, 4.69) is 24.3 Å². The molecule has 0 aromatic heterocycles. The Hall–Kier alpha value is -2.25. The van der Waals surface area contributed by atoms with Gasteiger partial charge in [-0.1, -0.05) is 72.4 Å². The predicted molar refractivity (Wildman–Crippen MR) is 129 cm³/mol. The van der Waals surface area contributed by atoms with Crippen LogP contribution in [-0.4, -0.2) is 36.5 Å². The van der Waals surface area contributed by atoms with Crippen LogP contribution in [0.2, 0.25) is 0 Å². The molecule has 1 saturated heterocycles. The van der Waals surface area contributed by atoms with E-state index in [9.17, 15) is 4.79 Å². The lowest BCUT2D eigenvalue weighted by molar-refractivity contribution is -0.252. The van der Waals surface area contributed by atoms with E-state index in [1.807, 2.05) is 42.5 Å². The summed E-state index contributed by atoms with van der Waals surface area (Å²) >= 11 is 3.28. The molecule has 32 heavy (non-hydrogen) atoms. The van der Waals surface area contributed by atoms with Crippen LogP contribution >= 0.6 is 23.5 Å². The third-order valence-corrected chi connectivity index (χ3v) is 10.2. The molecular weight excluding hydrogens is 440 g/mol. The highest BCUT2D eigenvalue weighted by Crippen LogP contribution is 2.64. The molecule has 0 radical (unpaired) electrons. The molecule has 162 valence electrons. The van der Waals surface area contributed by atoms with Gasteiger partial charge in [-0.2, -0.15) is 0 Å². The second kappa shape index (κ2) is 7.12. The third kappa shape index (κ3) is 2.58. The zero-order chi connectivity index (χ0) is 22.0. The number of hydrogen-bond acceptors (Lipinski definition) is 6. The van der Waals surface area contributed by atoms with Crippen molar-refractivity contribution in [3.05, 3.63) is 77.9 Å². The summed E-state index contributed by atoms with van der Waals surface area (Å²) in [5, 5.41) is 2.28. The van der Waals surface area contributed by atoms with E-state index in [1.54, 1.807) is 43.8 Å². The summed E-state index contributed by atoms with van der Waals surface area (Å²) < 4.78 is 18.3. The van der Waals surface area contributed by atoms with E-state index in [-0.39, 0.29) is 5.78 Å². The van der Waals surface area contributed by atoms with Gasteiger partial charge in [-0.3, -0.25) is 4.79 Å². The number of carbonyl (C=O) groups is 1. The van der Waals surface area contributed by atoms with Crippen molar-refractivity contribution in [2.75, 3.05) is 20.0 Å². The summed E-state index contributed by atoms with van der Waals surface area (Å²) in [4.78, 5) is 13.7. The molecule has 1 spiro atoms. The zero-order valence-corrected chi connectivity index (χ0v) is 19.4. The van der Waals surface area contributed by atoms with Crippen LogP contribution in [-0.2, 0) is 19.0 Å². The van der Waals surface area contributed by atoms with Crippen LogP contribution in [0.1, 0.15) is 17.5 Å². The molecule has 3 aromatic carbocycles. The van der Waals surface area contributed by atoms with Gasteiger partial charge in [-0.05, 0) is 34.0 Å². The molecule has 6 rings (SSSR count). The van der Waals surface area contributed by atoms with Gasteiger partial charge in [0.25, 0.3) is 5.79 Å². The largest absolute Gasteiger partial charge is 0.457 e. The van der Waals surface area contributed by atoms with Gasteiger partial charge in [-0.25, -0.2) is 0 Å². The van der Waals surface area contributed by atoms with E-state index in [1.165, 1.54) is 0 Å². The van der Waals surface area contributed by atoms with Crippen molar-refractivity contribution in [2.24, 2.45) is 0 Å². The number of benzene rings is 3. The lowest BCUT2D eigenvalue weighted by Gasteiger charge is -2.57. The maximum Gasteiger partial charge on any atom is 0.252 e. The standard InChI is InChI=1S/C26H22O4S2/c1-28-25-15-24(20-10-6-4-8-18(20)12-14-22(24)27)31-16-26(25,29-2)32-23-19-9-5-3-7-17(19)11-13-21(23)30-25/h3-14H,15-16H2,1-2H3/t24?,25-,26+/m0/s1. The highest BCUT2D eigenvalue weighted by molar-refractivity contribution is 8.05. The minimum atomic E-state index is -1.12. The molecule has 4 nitrogen and oxygen atoms in total. The molecule has 6 heteroatoms. The van der Waals surface area contributed by atoms with Gasteiger partial charge in [0.2, 0.25) is 0 Å². The lowest BCUT2D eigenvalue weighted by Crippen LogP contribution is -2.67. The topological polar surface area (TPSA) is 44.8 Å². The monoisotopic (exact) mass is 462 g/mol. The predicted octanol–water partition coefficient (Wildman–Crippen LogP) is 5.64. The molecule has 3 atom stereocenters. The molecule has 0 N–H and O–H groups in total. The molecule has 1 fully saturated rings. The first-order valence-corrected chi connectivity index (χ1v) is 12.3. The molecule has 2 aliphatic heterocycles. The van der Waals surface area contributed by atoms with Gasteiger partial charge in [0, 0.05) is 26.4 Å². The van der Waals surface area contributed by atoms with Crippen molar-refractivity contribution in [3.63, 3.8) is 0 Å². The fourth-order valence-electron chi connectivity index (χ4n) is 5.11. The molecule has 1 unspecified atom stereocenters. The van der Waals surface area contributed by atoms with Crippen molar-refractivity contribution in [2.45, 2.75) is 26.8 Å². The highest BCUT2D eigenvalue weighted by Gasteiger charge is 2.68. The van der Waals surface area contributed by atoms with E-state index in [0.29, 0.717) is 12.2 Å². The average molecular weight is 463 g/mol. The van der Waals surface area contributed by atoms with E-state index >= 15 is 0 Å². The van der Waals surface area contributed by atoms with Gasteiger partial charge in [0.1, 0.15) is 10.5 Å². The number of ketones is 1. The van der Waals surface area contributed by atoms with Crippen molar-refractivity contribution in [1.82, 2.24) is 0 Å². The van der Waals surface area contributed by atoms with Crippen molar-refractivity contribution in [1.29, 1.82) is 0 Å². The summed E-state index contributed by atoms with van der Waals surface area (Å²) in [5.41, 5.74) is 2.07. The quantitative estimate of drug-likeness (QED) is 0.491. The maximum atomic E-state index is 13.4. The number of methoxy groups -OCH3 is 2. The van der Waals surface area contributed by atoms with Gasteiger partial charge in [0.05, 0.1) is 4.90 Å². The summed E-state index contributed by atoms with van der Waals surface area (Å²) in [6, 6.07) is 20.4. The van der Waals surface area contributed by atoms with E-state index in [4.69, 9.17) is 14.2 Å². The number of rotatable bonds is 2. The minimum absolute atomic E-state index is 0.0697. The Balaban J connectivity index is 1.53. The Morgan fingerprint density at radius 2 is 1.75 bits per heavy atom. The maximum absolute atomic E-state index is 13.4. The Bertz CT molecular complexity index is 1290. The van der Waals surface area contributed by atoms with Crippen LogP contribution < -0.4 is 4.74 Å². The third-order valence-electron chi connectivity index (χ3n) is 6.82. The number of allylic oxidation sites excluding steroid dienone is 1. The number of fused-ring (bicyclic) bond motifs is 6. The molecule has 0 amide bonds. The number of thioether (sulfide) groups is 2. The molecule has 2 heterocycles. The molecule has 0 bridgehead atoms. The molecule has 3 aliphatic rings.